The third kappa shape index (κ3) is 4.44. The Morgan fingerprint density at radius 3 is 2.54 bits per heavy atom. The number of para-hydroxylation sites is 1. The molecule has 0 atom stereocenters. The number of nitrogens with zero attached hydrogens (tertiary/aromatic N) is 1. The fourth-order valence-electron chi connectivity index (χ4n) is 3.38. The van der Waals surface area contributed by atoms with Crippen LogP contribution in [0.3, 0.4) is 0 Å². The first-order chi connectivity index (χ1) is 11.7. The van der Waals surface area contributed by atoms with Gasteiger partial charge in [0.2, 0.25) is 0 Å². The van der Waals surface area contributed by atoms with Gasteiger partial charge in [-0.15, -0.1) is 0 Å². The summed E-state index contributed by atoms with van der Waals surface area (Å²) in [4.78, 5) is 2.44. The third-order valence-corrected chi connectivity index (χ3v) is 4.96. The molecule has 1 aliphatic rings. The second kappa shape index (κ2) is 8.09. The fourth-order valence-corrected chi connectivity index (χ4v) is 3.38. The van der Waals surface area contributed by atoms with Crippen molar-refractivity contribution in [3.63, 3.8) is 0 Å². The Balaban J connectivity index is 1.49. The number of nitrogen functional groups attached to an aromatic ring is 1. The van der Waals surface area contributed by atoms with Crippen molar-refractivity contribution in [1.82, 2.24) is 0 Å². The Hall–Kier alpha value is -2.16. The van der Waals surface area contributed by atoms with Gasteiger partial charge >= 0.3 is 0 Å². The Labute approximate surface area is 145 Å². The third-order valence-electron chi connectivity index (χ3n) is 4.96. The van der Waals surface area contributed by atoms with E-state index in [2.05, 4.69) is 59.6 Å². The summed E-state index contributed by atoms with van der Waals surface area (Å²) < 4.78 is 0. The summed E-state index contributed by atoms with van der Waals surface area (Å²) in [5.74, 6) is 0.846. The maximum atomic E-state index is 6.32. The number of anilines is 3. The van der Waals surface area contributed by atoms with Gasteiger partial charge in [0.25, 0.3) is 0 Å². The molecule has 1 saturated heterocycles. The van der Waals surface area contributed by atoms with E-state index in [4.69, 9.17) is 5.73 Å². The van der Waals surface area contributed by atoms with Gasteiger partial charge in [0.05, 0.1) is 11.4 Å². The zero-order chi connectivity index (χ0) is 16.8. The van der Waals surface area contributed by atoms with Gasteiger partial charge in [-0.3, -0.25) is 0 Å². The minimum Gasteiger partial charge on any atom is -0.397 e. The van der Waals surface area contributed by atoms with Gasteiger partial charge in [-0.1, -0.05) is 31.2 Å². The van der Waals surface area contributed by atoms with Crippen molar-refractivity contribution in [2.45, 2.75) is 32.6 Å². The highest BCUT2D eigenvalue weighted by atomic mass is 15.1. The van der Waals surface area contributed by atoms with E-state index in [1.807, 2.05) is 6.07 Å². The second-order valence-electron chi connectivity index (χ2n) is 6.96. The maximum Gasteiger partial charge on any atom is 0.0600 e. The molecule has 3 N–H and O–H groups in total. The van der Waals surface area contributed by atoms with Crippen LogP contribution in [0.2, 0.25) is 0 Å². The first-order valence-corrected chi connectivity index (χ1v) is 9.14. The molecule has 0 spiro atoms. The van der Waals surface area contributed by atoms with Crippen LogP contribution in [-0.4, -0.2) is 19.6 Å². The van der Waals surface area contributed by atoms with Crippen LogP contribution in [0.4, 0.5) is 17.1 Å². The lowest BCUT2D eigenvalue weighted by atomic mass is 9.98. The molecular formula is C21H29N3. The first-order valence-electron chi connectivity index (χ1n) is 9.14. The molecule has 0 aromatic heterocycles. The monoisotopic (exact) mass is 323 g/mol. The summed E-state index contributed by atoms with van der Waals surface area (Å²) in [7, 11) is 0. The molecule has 3 heteroatoms. The van der Waals surface area contributed by atoms with Crippen molar-refractivity contribution in [3.05, 3.63) is 54.1 Å². The van der Waals surface area contributed by atoms with Crippen molar-refractivity contribution in [2.24, 2.45) is 5.92 Å². The lowest BCUT2D eigenvalue weighted by Crippen LogP contribution is -2.33. The van der Waals surface area contributed by atoms with E-state index in [-0.39, 0.29) is 0 Å². The summed E-state index contributed by atoms with van der Waals surface area (Å²) in [5.41, 5.74) is 11.0. The first kappa shape index (κ1) is 16.7. The highest BCUT2D eigenvalue weighted by Crippen LogP contribution is 2.29. The van der Waals surface area contributed by atoms with E-state index >= 15 is 0 Å². The molecule has 2 aromatic rings. The van der Waals surface area contributed by atoms with Gasteiger partial charge in [-0.25, -0.2) is 0 Å². The van der Waals surface area contributed by atoms with Gasteiger partial charge in [-0.05, 0) is 61.4 Å². The molecular weight excluding hydrogens is 294 g/mol. The predicted octanol–water partition coefficient (Wildman–Crippen LogP) is 4.55. The van der Waals surface area contributed by atoms with E-state index in [9.17, 15) is 0 Å². The molecule has 0 unspecified atom stereocenters. The summed E-state index contributed by atoms with van der Waals surface area (Å²) >= 11 is 0. The number of aryl methyl sites for hydroxylation is 1. The highest BCUT2D eigenvalue weighted by molar-refractivity contribution is 5.68. The number of piperidine rings is 1. The van der Waals surface area contributed by atoms with E-state index in [1.54, 1.807) is 0 Å². The van der Waals surface area contributed by atoms with E-state index in [1.165, 1.54) is 29.8 Å². The number of benzene rings is 2. The Bertz CT molecular complexity index is 631. The standard InChI is InChI=1S/C21H29N3/c1-17-11-14-24(15-12-17)21-10-9-18(16-20(21)22)6-5-13-23-19-7-3-2-4-8-19/h2-4,7-10,16-17,23H,5-6,11-15,22H2,1H3. The number of nitrogens with two attached hydrogens (primary N) is 1. The average molecular weight is 323 g/mol. The minimum atomic E-state index is 0.846. The van der Waals surface area contributed by atoms with Crippen LogP contribution in [0.5, 0.6) is 0 Å². The molecule has 0 radical (unpaired) electrons. The Kier molecular flexibility index (Phi) is 5.63. The molecule has 0 saturated carbocycles. The molecule has 0 bridgehead atoms. The molecule has 2 aromatic carbocycles. The van der Waals surface area contributed by atoms with Crippen molar-refractivity contribution >= 4 is 17.1 Å². The van der Waals surface area contributed by atoms with Crippen LogP contribution in [0, 0.1) is 5.92 Å². The van der Waals surface area contributed by atoms with Crippen LogP contribution in [0.1, 0.15) is 31.7 Å². The van der Waals surface area contributed by atoms with Gasteiger partial charge in [0, 0.05) is 25.3 Å². The molecule has 0 amide bonds. The highest BCUT2D eigenvalue weighted by Gasteiger charge is 2.17. The zero-order valence-corrected chi connectivity index (χ0v) is 14.7. The summed E-state index contributed by atoms with van der Waals surface area (Å²) in [6, 6.07) is 17.0. The van der Waals surface area contributed by atoms with Crippen LogP contribution < -0.4 is 16.0 Å². The summed E-state index contributed by atoms with van der Waals surface area (Å²) in [6.45, 7) is 5.58. The van der Waals surface area contributed by atoms with Crippen LogP contribution in [0.25, 0.3) is 0 Å². The van der Waals surface area contributed by atoms with Gasteiger partial charge in [0.15, 0.2) is 0 Å². The maximum absolute atomic E-state index is 6.32. The van der Waals surface area contributed by atoms with Crippen molar-refractivity contribution in [2.75, 3.05) is 35.6 Å². The molecule has 1 fully saturated rings. The molecule has 0 aliphatic carbocycles. The molecule has 1 aliphatic heterocycles. The van der Waals surface area contributed by atoms with E-state index in [0.29, 0.717) is 0 Å². The van der Waals surface area contributed by atoms with E-state index in [0.717, 1.165) is 44.1 Å². The lowest BCUT2D eigenvalue weighted by molar-refractivity contribution is 0.438. The number of nitrogens with one attached hydrogen (secondary N) is 1. The summed E-state index contributed by atoms with van der Waals surface area (Å²) in [6.07, 6.45) is 4.70. The number of hydrogen-bond acceptors (Lipinski definition) is 3. The van der Waals surface area contributed by atoms with Gasteiger partial charge in [0.1, 0.15) is 0 Å². The van der Waals surface area contributed by atoms with Gasteiger partial charge < -0.3 is 16.0 Å². The predicted molar refractivity (Wildman–Crippen MR) is 105 cm³/mol. The topological polar surface area (TPSA) is 41.3 Å². The zero-order valence-electron chi connectivity index (χ0n) is 14.7. The normalized spacial score (nSPS) is 15.5. The van der Waals surface area contributed by atoms with Crippen LogP contribution in [-0.2, 0) is 6.42 Å². The Morgan fingerprint density at radius 2 is 1.83 bits per heavy atom. The molecule has 24 heavy (non-hydrogen) atoms. The smallest absolute Gasteiger partial charge is 0.0600 e. The van der Waals surface area contributed by atoms with Crippen molar-refractivity contribution in [3.8, 4) is 0 Å². The molecule has 3 rings (SSSR count). The van der Waals surface area contributed by atoms with Crippen molar-refractivity contribution in [1.29, 1.82) is 0 Å². The minimum absolute atomic E-state index is 0.846. The number of hydrogen-bond donors (Lipinski definition) is 2. The molecule has 128 valence electrons. The number of rotatable bonds is 6. The van der Waals surface area contributed by atoms with Crippen molar-refractivity contribution < 1.29 is 0 Å². The summed E-state index contributed by atoms with van der Waals surface area (Å²) in [5, 5.41) is 3.46. The van der Waals surface area contributed by atoms with Gasteiger partial charge in [-0.2, -0.15) is 0 Å². The SMILES string of the molecule is CC1CCN(c2ccc(CCCNc3ccccc3)cc2N)CC1. The molecule has 1 heterocycles. The van der Waals surface area contributed by atoms with Crippen LogP contribution in [0.15, 0.2) is 48.5 Å². The molecule has 3 nitrogen and oxygen atoms in total. The fraction of sp³-hybridized carbons (Fsp3) is 0.429. The quantitative estimate of drug-likeness (QED) is 0.605. The lowest BCUT2D eigenvalue weighted by Gasteiger charge is -2.33. The van der Waals surface area contributed by atoms with Crippen LogP contribution >= 0.6 is 0 Å². The van der Waals surface area contributed by atoms with E-state index < -0.39 is 0 Å². The second-order valence-corrected chi connectivity index (χ2v) is 6.96. The average Bonchev–Trinajstić information content (AvgIpc) is 2.61. The Morgan fingerprint density at radius 1 is 1.08 bits per heavy atom. The largest absolute Gasteiger partial charge is 0.397 e.